The predicted octanol–water partition coefficient (Wildman–Crippen LogP) is 2.71. The molecule has 1 atom stereocenters. The van der Waals surface area contributed by atoms with Crippen LogP contribution in [0.4, 0.5) is 0 Å². The standard InChI is InChI=1S/C14H15N3/c1-16-14(10-3-4-10)12-8-17-13-5-2-9(7-15)6-11(12)13/h2,5-6,8,10,14,16-17H,3-4H2,1H3. The third kappa shape index (κ3) is 1.71. The van der Waals surface area contributed by atoms with Gasteiger partial charge in [-0.2, -0.15) is 5.26 Å². The van der Waals surface area contributed by atoms with E-state index in [1.165, 1.54) is 23.8 Å². The molecular formula is C14H15N3. The second-order valence-corrected chi connectivity index (χ2v) is 4.72. The first-order valence-electron chi connectivity index (χ1n) is 6.02. The van der Waals surface area contributed by atoms with Crippen LogP contribution in [0.25, 0.3) is 10.9 Å². The maximum Gasteiger partial charge on any atom is 0.0991 e. The Kier molecular flexibility index (Phi) is 2.38. The summed E-state index contributed by atoms with van der Waals surface area (Å²) < 4.78 is 0. The van der Waals surface area contributed by atoms with Crippen molar-refractivity contribution in [1.82, 2.24) is 10.3 Å². The van der Waals surface area contributed by atoms with Crippen LogP contribution >= 0.6 is 0 Å². The highest BCUT2D eigenvalue weighted by atomic mass is 14.9. The second kappa shape index (κ2) is 3.90. The molecule has 2 N–H and O–H groups in total. The summed E-state index contributed by atoms with van der Waals surface area (Å²) in [6.45, 7) is 0. The van der Waals surface area contributed by atoms with E-state index in [4.69, 9.17) is 5.26 Å². The number of fused-ring (bicyclic) bond motifs is 1. The number of H-pyrrole nitrogens is 1. The highest BCUT2D eigenvalue weighted by Crippen LogP contribution is 2.42. The highest BCUT2D eigenvalue weighted by Gasteiger charge is 2.32. The van der Waals surface area contributed by atoms with Crippen molar-refractivity contribution in [2.75, 3.05) is 7.05 Å². The zero-order chi connectivity index (χ0) is 11.8. The normalized spacial score (nSPS) is 16.9. The molecule has 0 aliphatic heterocycles. The predicted molar refractivity (Wildman–Crippen MR) is 67.5 cm³/mol. The van der Waals surface area contributed by atoms with E-state index >= 15 is 0 Å². The Morgan fingerprint density at radius 1 is 1.47 bits per heavy atom. The van der Waals surface area contributed by atoms with Crippen molar-refractivity contribution in [2.45, 2.75) is 18.9 Å². The number of benzene rings is 1. The molecule has 86 valence electrons. The molecular weight excluding hydrogens is 210 g/mol. The molecule has 2 aromatic rings. The van der Waals surface area contributed by atoms with Gasteiger partial charge in [-0.15, -0.1) is 0 Å². The lowest BCUT2D eigenvalue weighted by Crippen LogP contribution is -2.17. The average Bonchev–Trinajstić information content (AvgIpc) is 3.11. The van der Waals surface area contributed by atoms with Crippen molar-refractivity contribution in [3.63, 3.8) is 0 Å². The van der Waals surface area contributed by atoms with E-state index in [0.29, 0.717) is 6.04 Å². The molecule has 0 saturated heterocycles. The van der Waals surface area contributed by atoms with E-state index in [2.05, 4.69) is 22.6 Å². The minimum atomic E-state index is 0.415. The van der Waals surface area contributed by atoms with Gasteiger partial charge in [-0.1, -0.05) is 0 Å². The van der Waals surface area contributed by atoms with Gasteiger partial charge in [-0.3, -0.25) is 0 Å². The van der Waals surface area contributed by atoms with Gasteiger partial charge in [0.1, 0.15) is 0 Å². The number of aromatic amines is 1. The molecule has 0 bridgehead atoms. The summed E-state index contributed by atoms with van der Waals surface area (Å²) in [6, 6.07) is 8.44. The molecule has 1 heterocycles. The Morgan fingerprint density at radius 2 is 2.29 bits per heavy atom. The van der Waals surface area contributed by atoms with Gasteiger partial charge < -0.3 is 10.3 Å². The minimum absolute atomic E-state index is 0.415. The Labute approximate surface area is 100 Å². The fraction of sp³-hybridized carbons (Fsp3) is 0.357. The molecule has 1 unspecified atom stereocenters. The van der Waals surface area contributed by atoms with Crippen molar-refractivity contribution in [1.29, 1.82) is 5.26 Å². The number of nitrogens with one attached hydrogen (secondary N) is 2. The van der Waals surface area contributed by atoms with Crippen LogP contribution in [-0.4, -0.2) is 12.0 Å². The third-order valence-electron chi connectivity index (χ3n) is 3.58. The SMILES string of the molecule is CNC(c1c[nH]c2ccc(C#N)cc12)C1CC1. The van der Waals surface area contributed by atoms with Crippen molar-refractivity contribution >= 4 is 10.9 Å². The topological polar surface area (TPSA) is 51.6 Å². The Balaban J connectivity index is 2.12. The monoisotopic (exact) mass is 225 g/mol. The zero-order valence-corrected chi connectivity index (χ0v) is 9.83. The van der Waals surface area contributed by atoms with Crippen molar-refractivity contribution in [2.24, 2.45) is 5.92 Å². The first kappa shape index (κ1) is 10.4. The van der Waals surface area contributed by atoms with E-state index in [0.717, 1.165) is 17.0 Å². The quantitative estimate of drug-likeness (QED) is 0.843. The van der Waals surface area contributed by atoms with Crippen LogP contribution in [0.5, 0.6) is 0 Å². The van der Waals surface area contributed by atoms with Crippen LogP contribution in [0.15, 0.2) is 24.4 Å². The molecule has 1 fully saturated rings. The molecule has 3 nitrogen and oxygen atoms in total. The lowest BCUT2D eigenvalue weighted by molar-refractivity contribution is 0.532. The average molecular weight is 225 g/mol. The maximum absolute atomic E-state index is 8.97. The van der Waals surface area contributed by atoms with E-state index < -0.39 is 0 Å². The Bertz CT molecular complexity index is 587. The van der Waals surface area contributed by atoms with Gasteiger partial charge in [-0.25, -0.2) is 0 Å². The Hall–Kier alpha value is -1.79. The van der Waals surface area contributed by atoms with Gasteiger partial charge in [0.25, 0.3) is 0 Å². The van der Waals surface area contributed by atoms with Gasteiger partial charge in [0, 0.05) is 23.1 Å². The molecule has 0 amide bonds. The molecule has 0 radical (unpaired) electrons. The molecule has 3 rings (SSSR count). The van der Waals surface area contributed by atoms with Crippen molar-refractivity contribution in [3.05, 3.63) is 35.5 Å². The Morgan fingerprint density at radius 3 is 2.94 bits per heavy atom. The number of hydrogen-bond acceptors (Lipinski definition) is 2. The summed E-state index contributed by atoms with van der Waals surface area (Å²) in [6.07, 6.45) is 4.68. The number of hydrogen-bond donors (Lipinski definition) is 2. The van der Waals surface area contributed by atoms with Crippen LogP contribution in [0.1, 0.15) is 30.0 Å². The lowest BCUT2D eigenvalue weighted by atomic mass is 10.0. The van der Waals surface area contributed by atoms with E-state index in [-0.39, 0.29) is 0 Å². The number of nitrogens with zero attached hydrogens (tertiary/aromatic N) is 1. The molecule has 1 saturated carbocycles. The molecule has 0 spiro atoms. The van der Waals surface area contributed by atoms with Gasteiger partial charge in [0.15, 0.2) is 0 Å². The summed E-state index contributed by atoms with van der Waals surface area (Å²) in [5.74, 6) is 0.754. The van der Waals surface area contributed by atoms with Crippen LogP contribution in [0.3, 0.4) is 0 Å². The van der Waals surface area contributed by atoms with E-state index in [1.807, 2.05) is 25.2 Å². The largest absolute Gasteiger partial charge is 0.361 e. The fourth-order valence-corrected chi connectivity index (χ4v) is 2.54. The number of rotatable bonds is 3. The highest BCUT2D eigenvalue weighted by molar-refractivity contribution is 5.85. The first-order chi connectivity index (χ1) is 8.33. The van der Waals surface area contributed by atoms with Crippen molar-refractivity contribution < 1.29 is 0 Å². The summed E-state index contributed by atoms with van der Waals surface area (Å²) in [5.41, 5.74) is 3.13. The van der Waals surface area contributed by atoms with Gasteiger partial charge in [0.2, 0.25) is 0 Å². The van der Waals surface area contributed by atoms with Crippen molar-refractivity contribution in [3.8, 4) is 6.07 Å². The summed E-state index contributed by atoms with van der Waals surface area (Å²) in [5, 5.41) is 13.5. The zero-order valence-electron chi connectivity index (χ0n) is 9.83. The molecule has 1 aliphatic rings. The minimum Gasteiger partial charge on any atom is -0.361 e. The summed E-state index contributed by atoms with van der Waals surface area (Å²) in [7, 11) is 2.01. The number of nitriles is 1. The van der Waals surface area contributed by atoms with E-state index in [1.54, 1.807) is 0 Å². The number of aromatic nitrogens is 1. The smallest absolute Gasteiger partial charge is 0.0991 e. The first-order valence-corrected chi connectivity index (χ1v) is 6.02. The summed E-state index contributed by atoms with van der Waals surface area (Å²) in [4.78, 5) is 3.29. The second-order valence-electron chi connectivity index (χ2n) is 4.72. The molecule has 1 aromatic carbocycles. The van der Waals surface area contributed by atoms with E-state index in [9.17, 15) is 0 Å². The molecule has 1 aliphatic carbocycles. The maximum atomic E-state index is 8.97. The van der Waals surface area contributed by atoms with Gasteiger partial charge in [0.05, 0.1) is 11.6 Å². The third-order valence-corrected chi connectivity index (χ3v) is 3.58. The van der Waals surface area contributed by atoms with Gasteiger partial charge >= 0.3 is 0 Å². The van der Waals surface area contributed by atoms with Crippen LogP contribution in [-0.2, 0) is 0 Å². The fourth-order valence-electron chi connectivity index (χ4n) is 2.54. The molecule has 3 heteroatoms. The lowest BCUT2D eigenvalue weighted by Gasteiger charge is -2.14. The van der Waals surface area contributed by atoms with Crippen LogP contribution in [0, 0.1) is 17.2 Å². The van der Waals surface area contributed by atoms with Gasteiger partial charge in [-0.05, 0) is 49.6 Å². The van der Waals surface area contributed by atoms with Crippen LogP contribution in [0.2, 0.25) is 0 Å². The summed E-state index contributed by atoms with van der Waals surface area (Å²) >= 11 is 0. The molecule has 1 aromatic heterocycles. The molecule has 17 heavy (non-hydrogen) atoms. The van der Waals surface area contributed by atoms with Crippen LogP contribution < -0.4 is 5.32 Å².